The lowest BCUT2D eigenvalue weighted by atomic mass is 10.1. The van der Waals surface area contributed by atoms with Crippen molar-refractivity contribution in [2.75, 3.05) is 6.54 Å². The van der Waals surface area contributed by atoms with Gasteiger partial charge >= 0.3 is 6.03 Å². The number of hydrogen-bond donors (Lipinski definition) is 3. The van der Waals surface area contributed by atoms with E-state index >= 15 is 0 Å². The third-order valence-electron chi connectivity index (χ3n) is 2.59. The molecule has 1 fully saturated rings. The molecule has 0 bridgehead atoms. The summed E-state index contributed by atoms with van der Waals surface area (Å²) >= 11 is 0. The Kier molecular flexibility index (Phi) is 4.16. The highest BCUT2D eigenvalue weighted by atomic mass is 16.4. The molecule has 96 valence electrons. The van der Waals surface area contributed by atoms with Gasteiger partial charge in [-0.05, 0) is 0 Å². The number of aldehydes is 2. The number of rotatable bonds is 4. The Hall–Kier alpha value is -1.51. The Balaban J connectivity index is 2.98. The highest BCUT2D eigenvalue weighted by Crippen LogP contribution is 2.22. The van der Waals surface area contributed by atoms with Crippen LogP contribution in [-0.2, 0) is 9.59 Å². The van der Waals surface area contributed by atoms with Crippen molar-refractivity contribution in [3.63, 3.8) is 0 Å². The maximum Gasteiger partial charge on any atom is 0.326 e. The van der Waals surface area contributed by atoms with Crippen LogP contribution in [0.3, 0.4) is 0 Å². The number of amides is 2. The molecule has 0 aromatic carbocycles. The van der Waals surface area contributed by atoms with Gasteiger partial charge in [0.2, 0.25) is 0 Å². The molecule has 1 saturated heterocycles. The summed E-state index contributed by atoms with van der Waals surface area (Å²) in [4.78, 5) is 33.9. The standard InChI is InChI=1S/C9H14N2O6/c1-5-2-10(6(14)3-12)9(17)11(8(5)16)7(15)4-13/h3-8,14-16H,2H2,1H3. The van der Waals surface area contributed by atoms with E-state index in [1.165, 1.54) is 0 Å². The van der Waals surface area contributed by atoms with Gasteiger partial charge in [-0.25, -0.2) is 4.79 Å². The minimum atomic E-state index is -1.82. The average molecular weight is 246 g/mol. The van der Waals surface area contributed by atoms with E-state index in [1.54, 1.807) is 6.92 Å². The van der Waals surface area contributed by atoms with Crippen LogP contribution in [0.2, 0.25) is 0 Å². The lowest BCUT2D eigenvalue weighted by molar-refractivity contribution is -0.152. The van der Waals surface area contributed by atoms with Crippen molar-refractivity contribution in [1.29, 1.82) is 0 Å². The van der Waals surface area contributed by atoms with Crippen LogP contribution in [-0.4, -0.2) is 69.0 Å². The van der Waals surface area contributed by atoms with Crippen molar-refractivity contribution >= 4 is 18.6 Å². The summed E-state index contributed by atoms with van der Waals surface area (Å²) in [5, 5.41) is 28.3. The number of aliphatic hydroxyl groups excluding tert-OH is 3. The van der Waals surface area contributed by atoms with E-state index in [-0.39, 0.29) is 19.1 Å². The molecule has 0 aromatic rings. The van der Waals surface area contributed by atoms with Crippen LogP contribution in [0.5, 0.6) is 0 Å². The predicted octanol–water partition coefficient (Wildman–Crippen LogP) is -2.29. The average Bonchev–Trinajstić information content (AvgIpc) is 2.32. The SMILES string of the molecule is CC1CN(C(O)C=O)C(=O)N(C(O)C=O)C1O. The Morgan fingerprint density at radius 2 is 1.82 bits per heavy atom. The van der Waals surface area contributed by atoms with Gasteiger partial charge in [-0.15, -0.1) is 0 Å². The van der Waals surface area contributed by atoms with E-state index in [4.69, 9.17) is 0 Å². The summed E-state index contributed by atoms with van der Waals surface area (Å²) in [6, 6.07) is -0.977. The second-order valence-electron chi connectivity index (χ2n) is 3.83. The van der Waals surface area contributed by atoms with E-state index < -0.39 is 30.6 Å². The fourth-order valence-corrected chi connectivity index (χ4v) is 1.65. The van der Waals surface area contributed by atoms with Crippen LogP contribution in [0.1, 0.15) is 6.92 Å². The first-order valence-corrected chi connectivity index (χ1v) is 4.97. The zero-order valence-electron chi connectivity index (χ0n) is 9.13. The number of hydrogen-bond acceptors (Lipinski definition) is 6. The van der Waals surface area contributed by atoms with Gasteiger partial charge in [0.05, 0.1) is 0 Å². The molecule has 1 rings (SSSR count). The molecule has 0 aromatic heterocycles. The molecule has 8 heteroatoms. The second-order valence-corrected chi connectivity index (χ2v) is 3.83. The van der Waals surface area contributed by atoms with Gasteiger partial charge in [0.1, 0.15) is 6.23 Å². The summed E-state index contributed by atoms with van der Waals surface area (Å²) in [7, 11) is 0. The first-order chi connectivity index (χ1) is 7.93. The van der Waals surface area contributed by atoms with Crippen LogP contribution in [0.15, 0.2) is 0 Å². The lowest BCUT2D eigenvalue weighted by Crippen LogP contribution is -2.64. The molecule has 0 saturated carbocycles. The first-order valence-electron chi connectivity index (χ1n) is 4.97. The number of urea groups is 1. The maximum atomic E-state index is 11.7. The highest BCUT2D eigenvalue weighted by molar-refractivity contribution is 5.81. The molecular weight excluding hydrogens is 232 g/mol. The van der Waals surface area contributed by atoms with Gasteiger partial charge in [-0.3, -0.25) is 19.4 Å². The molecule has 0 spiro atoms. The summed E-state index contributed by atoms with van der Waals surface area (Å²) < 4.78 is 0. The van der Waals surface area contributed by atoms with E-state index in [0.29, 0.717) is 4.90 Å². The summed E-state index contributed by atoms with van der Waals surface area (Å²) in [5.41, 5.74) is 0. The van der Waals surface area contributed by atoms with Crippen molar-refractivity contribution in [2.24, 2.45) is 5.92 Å². The van der Waals surface area contributed by atoms with Crippen LogP contribution < -0.4 is 0 Å². The third kappa shape index (κ3) is 2.43. The lowest BCUT2D eigenvalue weighted by Gasteiger charge is -2.43. The Bertz CT molecular complexity index is 323. The molecule has 1 aliphatic heterocycles. The van der Waals surface area contributed by atoms with Gasteiger partial charge in [-0.1, -0.05) is 6.92 Å². The first kappa shape index (κ1) is 13.6. The largest absolute Gasteiger partial charge is 0.373 e. The van der Waals surface area contributed by atoms with Gasteiger partial charge in [0, 0.05) is 12.5 Å². The molecule has 0 aliphatic carbocycles. The molecule has 4 unspecified atom stereocenters. The molecular formula is C9H14N2O6. The molecule has 0 radical (unpaired) electrons. The molecule has 17 heavy (non-hydrogen) atoms. The smallest absolute Gasteiger partial charge is 0.326 e. The third-order valence-corrected chi connectivity index (χ3v) is 2.59. The molecule has 1 heterocycles. The van der Waals surface area contributed by atoms with E-state index in [1.807, 2.05) is 0 Å². The quantitative estimate of drug-likeness (QED) is 0.481. The van der Waals surface area contributed by atoms with Gasteiger partial charge in [-0.2, -0.15) is 0 Å². The van der Waals surface area contributed by atoms with Crippen LogP contribution >= 0.6 is 0 Å². The Morgan fingerprint density at radius 1 is 1.29 bits per heavy atom. The minimum Gasteiger partial charge on any atom is -0.373 e. The van der Waals surface area contributed by atoms with Crippen molar-refractivity contribution in [1.82, 2.24) is 9.80 Å². The van der Waals surface area contributed by atoms with Gasteiger partial charge in [0.25, 0.3) is 0 Å². The Labute approximate surface area is 97.0 Å². The van der Waals surface area contributed by atoms with Gasteiger partial charge < -0.3 is 15.3 Å². The number of aliphatic hydroxyl groups is 3. The van der Waals surface area contributed by atoms with Gasteiger partial charge in [0.15, 0.2) is 25.0 Å². The molecule has 3 N–H and O–H groups in total. The van der Waals surface area contributed by atoms with Crippen LogP contribution in [0.25, 0.3) is 0 Å². The van der Waals surface area contributed by atoms with Crippen molar-refractivity contribution in [3.8, 4) is 0 Å². The number of carbonyl (C=O) groups excluding carboxylic acids is 3. The fraction of sp³-hybridized carbons (Fsp3) is 0.667. The maximum absolute atomic E-state index is 11.7. The molecule has 1 aliphatic rings. The van der Waals surface area contributed by atoms with Crippen LogP contribution in [0.4, 0.5) is 4.79 Å². The minimum absolute atomic E-state index is 0.0536. The monoisotopic (exact) mass is 246 g/mol. The highest BCUT2D eigenvalue weighted by Gasteiger charge is 2.42. The van der Waals surface area contributed by atoms with Crippen LogP contribution in [0, 0.1) is 5.92 Å². The van der Waals surface area contributed by atoms with E-state index in [9.17, 15) is 29.7 Å². The Morgan fingerprint density at radius 3 is 2.29 bits per heavy atom. The summed E-state index contributed by atoms with van der Waals surface area (Å²) in [5.74, 6) is -0.531. The summed E-state index contributed by atoms with van der Waals surface area (Å²) in [6.45, 7) is 1.49. The molecule has 4 atom stereocenters. The predicted molar refractivity (Wildman–Crippen MR) is 53.3 cm³/mol. The topological polar surface area (TPSA) is 118 Å². The zero-order valence-corrected chi connectivity index (χ0v) is 9.13. The second kappa shape index (κ2) is 5.21. The number of nitrogens with zero attached hydrogens (tertiary/aromatic N) is 2. The van der Waals surface area contributed by atoms with Crippen molar-refractivity contribution in [2.45, 2.75) is 25.6 Å². The fourth-order valence-electron chi connectivity index (χ4n) is 1.65. The van der Waals surface area contributed by atoms with Crippen molar-refractivity contribution in [3.05, 3.63) is 0 Å². The molecule has 2 amide bonds. The van der Waals surface area contributed by atoms with E-state index in [2.05, 4.69) is 0 Å². The molecule has 8 nitrogen and oxygen atoms in total. The normalized spacial score (nSPS) is 28.8. The zero-order chi connectivity index (χ0) is 13.2. The summed E-state index contributed by atoms with van der Waals surface area (Å²) in [6.07, 6.45) is -4.61. The van der Waals surface area contributed by atoms with E-state index in [0.717, 1.165) is 4.90 Å². The number of carbonyl (C=O) groups is 3. The van der Waals surface area contributed by atoms with Crippen molar-refractivity contribution < 1.29 is 29.7 Å².